The van der Waals surface area contributed by atoms with Crippen molar-refractivity contribution in [2.24, 2.45) is 5.84 Å². The van der Waals surface area contributed by atoms with Gasteiger partial charge in [-0.1, -0.05) is 0 Å². The van der Waals surface area contributed by atoms with Gasteiger partial charge in [-0.05, 0) is 26.0 Å². The van der Waals surface area contributed by atoms with Crippen LogP contribution in [0.4, 0.5) is 11.9 Å². The summed E-state index contributed by atoms with van der Waals surface area (Å²) in [4.78, 5) is 14.7. The predicted molar refractivity (Wildman–Crippen MR) is 75.2 cm³/mol. The van der Waals surface area contributed by atoms with E-state index in [2.05, 4.69) is 44.8 Å². The smallest absolute Gasteiger partial charge is 0.323 e. The zero-order valence-electron chi connectivity index (χ0n) is 10.8. The van der Waals surface area contributed by atoms with Gasteiger partial charge in [0, 0.05) is 9.75 Å². The summed E-state index contributed by atoms with van der Waals surface area (Å²) in [5, 5.41) is 3.12. The molecule has 2 rings (SSSR count). The van der Waals surface area contributed by atoms with Crippen LogP contribution in [0.5, 0.6) is 6.01 Å². The highest BCUT2D eigenvalue weighted by Gasteiger charge is 2.06. The van der Waals surface area contributed by atoms with Crippen molar-refractivity contribution in [3.8, 4) is 6.01 Å². The molecule has 0 saturated heterocycles. The first-order valence-electron chi connectivity index (χ1n) is 5.86. The van der Waals surface area contributed by atoms with Crippen molar-refractivity contribution in [3.63, 3.8) is 0 Å². The fourth-order valence-corrected chi connectivity index (χ4v) is 2.27. The van der Waals surface area contributed by atoms with Crippen LogP contribution < -0.4 is 21.3 Å². The van der Waals surface area contributed by atoms with Crippen LogP contribution in [0.25, 0.3) is 0 Å². The first kappa shape index (κ1) is 13.5. The number of rotatable bonds is 6. The van der Waals surface area contributed by atoms with E-state index in [-0.39, 0.29) is 12.0 Å². The number of aromatic nitrogens is 3. The van der Waals surface area contributed by atoms with E-state index in [1.807, 2.05) is 6.92 Å². The normalized spacial score (nSPS) is 10.3. The summed E-state index contributed by atoms with van der Waals surface area (Å²) < 4.78 is 5.25. The molecule has 0 aromatic carbocycles. The molecule has 0 aliphatic heterocycles. The molecule has 0 amide bonds. The third kappa shape index (κ3) is 3.76. The fourth-order valence-electron chi connectivity index (χ4n) is 1.44. The molecule has 2 aromatic rings. The van der Waals surface area contributed by atoms with Gasteiger partial charge in [0.25, 0.3) is 0 Å². The van der Waals surface area contributed by atoms with E-state index in [0.717, 1.165) is 0 Å². The highest BCUT2D eigenvalue weighted by Crippen LogP contribution is 2.17. The van der Waals surface area contributed by atoms with Crippen LogP contribution in [-0.2, 0) is 6.54 Å². The van der Waals surface area contributed by atoms with Crippen molar-refractivity contribution in [2.75, 3.05) is 17.3 Å². The minimum atomic E-state index is 0.246. The molecule has 0 aliphatic carbocycles. The Labute approximate surface area is 115 Å². The molecule has 7 nitrogen and oxygen atoms in total. The molecule has 102 valence electrons. The molecule has 4 N–H and O–H groups in total. The molecule has 0 fully saturated rings. The summed E-state index contributed by atoms with van der Waals surface area (Å²) in [6.45, 7) is 5.07. The van der Waals surface area contributed by atoms with Crippen molar-refractivity contribution in [1.29, 1.82) is 0 Å². The lowest BCUT2D eigenvalue weighted by Gasteiger charge is -2.07. The van der Waals surface area contributed by atoms with E-state index >= 15 is 0 Å². The Morgan fingerprint density at radius 2 is 2.05 bits per heavy atom. The van der Waals surface area contributed by atoms with Crippen molar-refractivity contribution < 1.29 is 4.74 Å². The summed E-state index contributed by atoms with van der Waals surface area (Å²) in [6.07, 6.45) is 0. The third-order valence-corrected chi connectivity index (χ3v) is 3.23. The lowest BCUT2D eigenvalue weighted by molar-refractivity contribution is 0.312. The van der Waals surface area contributed by atoms with E-state index in [9.17, 15) is 0 Å². The van der Waals surface area contributed by atoms with Gasteiger partial charge in [-0.15, -0.1) is 11.3 Å². The topological polar surface area (TPSA) is 98.0 Å². The van der Waals surface area contributed by atoms with E-state index < -0.39 is 0 Å². The number of aryl methyl sites for hydroxylation is 1. The van der Waals surface area contributed by atoms with Gasteiger partial charge in [-0.25, -0.2) is 5.84 Å². The molecule has 19 heavy (non-hydrogen) atoms. The largest absolute Gasteiger partial charge is 0.464 e. The summed E-state index contributed by atoms with van der Waals surface area (Å²) >= 11 is 1.73. The van der Waals surface area contributed by atoms with Crippen LogP contribution in [0.1, 0.15) is 16.7 Å². The second-order valence-corrected chi connectivity index (χ2v) is 5.08. The number of nitrogens with zero attached hydrogens (tertiary/aromatic N) is 3. The van der Waals surface area contributed by atoms with Crippen molar-refractivity contribution >= 4 is 23.2 Å². The van der Waals surface area contributed by atoms with Crippen molar-refractivity contribution in [2.45, 2.75) is 20.4 Å². The first-order chi connectivity index (χ1) is 9.21. The maximum absolute atomic E-state index is 5.31. The molecular weight excluding hydrogens is 264 g/mol. The lowest BCUT2D eigenvalue weighted by atomic mass is 10.4. The number of nitrogens with two attached hydrogens (primary N) is 1. The zero-order chi connectivity index (χ0) is 13.7. The van der Waals surface area contributed by atoms with Gasteiger partial charge < -0.3 is 10.1 Å². The van der Waals surface area contributed by atoms with Gasteiger partial charge in [-0.2, -0.15) is 15.0 Å². The van der Waals surface area contributed by atoms with Gasteiger partial charge in [-0.3, -0.25) is 5.43 Å². The van der Waals surface area contributed by atoms with Crippen LogP contribution in [0.15, 0.2) is 12.1 Å². The molecular formula is C11H16N6OS. The Kier molecular flexibility index (Phi) is 4.48. The molecule has 0 unspecified atom stereocenters. The second kappa shape index (κ2) is 6.30. The van der Waals surface area contributed by atoms with Crippen LogP contribution in [0, 0.1) is 6.92 Å². The maximum atomic E-state index is 5.31. The van der Waals surface area contributed by atoms with Gasteiger partial charge >= 0.3 is 6.01 Å². The number of hydrogen-bond acceptors (Lipinski definition) is 8. The first-order valence-corrected chi connectivity index (χ1v) is 6.67. The van der Waals surface area contributed by atoms with Gasteiger partial charge in [0.15, 0.2) is 0 Å². The SMILES string of the molecule is CCOc1nc(NN)nc(NCc2ccc(C)s2)n1. The van der Waals surface area contributed by atoms with E-state index in [4.69, 9.17) is 10.6 Å². The molecule has 0 aliphatic rings. The molecule has 0 radical (unpaired) electrons. The Hall–Kier alpha value is -1.93. The standard InChI is InChI=1S/C11H16N6OS/c1-3-18-11-15-9(14-10(16-11)17-12)13-6-8-5-4-7(2)19-8/h4-5H,3,6,12H2,1-2H3,(H2,13,14,15,16,17). The minimum Gasteiger partial charge on any atom is -0.464 e. The summed E-state index contributed by atoms with van der Waals surface area (Å²) in [5.74, 6) is 6.01. The van der Waals surface area contributed by atoms with Gasteiger partial charge in [0.2, 0.25) is 11.9 Å². The highest BCUT2D eigenvalue weighted by molar-refractivity contribution is 7.11. The van der Waals surface area contributed by atoms with E-state index in [0.29, 0.717) is 19.1 Å². The molecule has 2 heterocycles. The lowest BCUT2D eigenvalue weighted by Crippen LogP contribution is -2.14. The zero-order valence-corrected chi connectivity index (χ0v) is 11.6. The molecule has 0 atom stereocenters. The van der Waals surface area contributed by atoms with Gasteiger partial charge in [0.05, 0.1) is 13.2 Å². The highest BCUT2D eigenvalue weighted by atomic mass is 32.1. The van der Waals surface area contributed by atoms with Crippen LogP contribution in [-0.4, -0.2) is 21.6 Å². The molecule has 0 saturated carbocycles. The second-order valence-electron chi connectivity index (χ2n) is 3.71. The summed E-state index contributed by atoms with van der Waals surface area (Å²) in [6, 6.07) is 4.39. The third-order valence-electron chi connectivity index (χ3n) is 2.23. The Balaban J connectivity index is 2.08. The van der Waals surface area contributed by atoms with Crippen LogP contribution in [0.3, 0.4) is 0 Å². The Bertz CT molecular complexity index is 544. The van der Waals surface area contributed by atoms with Gasteiger partial charge in [0.1, 0.15) is 0 Å². The number of thiophene rings is 1. The van der Waals surface area contributed by atoms with Crippen molar-refractivity contribution in [1.82, 2.24) is 15.0 Å². The Morgan fingerprint density at radius 3 is 2.68 bits per heavy atom. The predicted octanol–water partition coefficient (Wildman–Crippen LogP) is 1.54. The number of nitrogen functional groups attached to an aromatic ring is 1. The number of hydrogen-bond donors (Lipinski definition) is 3. The van der Waals surface area contributed by atoms with Crippen molar-refractivity contribution in [3.05, 3.63) is 21.9 Å². The monoisotopic (exact) mass is 280 g/mol. The molecule has 0 spiro atoms. The number of ether oxygens (including phenoxy) is 1. The molecule has 0 bridgehead atoms. The number of hydrazine groups is 1. The maximum Gasteiger partial charge on any atom is 0.323 e. The molecule has 2 aromatic heterocycles. The average molecular weight is 280 g/mol. The average Bonchev–Trinajstić information content (AvgIpc) is 2.82. The minimum absolute atomic E-state index is 0.246. The molecule has 8 heteroatoms. The number of anilines is 2. The Morgan fingerprint density at radius 1 is 1.26 bits per heavy atom. The van der Waals surface area contributed by atoms with E-state index in [1.54, 1.807) is 11.3 Å². The number of nitrogens with one attached hydrogen (secondary N) is 2. The van der Waals surface area contributed by atoms with Crippen LogP contribution in [0.2, 0.25) is 0 Å². The quantitative estimate of drug-likeness (QED) is 0.545. The van der Waals surface area contributed by atoms with E-state index in [1.165, 1.54) is 9.75 Å². The summed E-state index contributed by atoms with van der Waals surface area (Å²) in [7, 11) is 0. The fraction of sp³-hybridized carbons (Fsp3) is 0.364. The summed E-state index contributed by atoms with van der Waals surface area (Å²) in [5.41, 5.74) is 2.39. The van der Waals surface area contributed by atoms with Crippen LogP contribution >= 0.6 is 11.3 Å².